The lowest BCUT2D eigenvalue weighted by atomic mass is 10.1. The van der Waals surface area contributed by atoms with Crippen LogP contribution in [0, 0.1) is 0 Å². The van der Waals surface area contributed by atoms with E-state index in [9.17, 15) is 4.79 Å². The highest BCUT2D eigenvalue weighted by Gasteiger charge is 1.98. The maximum Gasteiger partial charge on any atom is 0.309 e. The van der Waals surface area contributed by atoms with Gasteiger partial charge < -0.3 is 10.5 Å². The highest BCUT2D eigenvalue weighted by atomic mass is 79.9. The zero-order chi connectivity index (χ0) is 12.0. The predicted octanol–water partition coefficient (Wildman–Crippen LogP) is 3.00. The van der Waals surface area contributed by atoms with Crippen LogP contribution in [0.1, 0.15) is 18.9 Å². The molecule has 0 aliphatic heterocycles. The van der Waals surface area contributed by atoms with Crippen LogP contribution >= 0.6 is 15.9 Å². The maximum atomic E-state index is 11.1. The molecule has 0 fully saturated rings. The predicted molar refractivity (Wildman–Crippen MR) is 68.8 cm³/mol. The Labute approximate surface area is 103 Å². The summed E-state index contributed by atoms with van der Waals surface area (Å²) in [5.41, 5.74) is 7.35. The first-order valence-electron chi connectivity index (χ1n) is 5.00. The normalized spacial score (nSPS) is 10.6. The van der Waals surface area contributed by atoms with E-state index < -0.39 is 0 Å². The van der Waals surface area contributed by atoms with Crippen molar-refractivity contribution in [3.05, 3.63) is 34.3 Å². The van der Waals surface area contributed by atoms with Crippen molar-refractivity contribution >= 4 is 33.7 Å². The summed E-state index contributed by atoms with van der Waals surface area (Å²) in [5, 5.41) is 0. The van der Waals surface area contributed by atoms with Gasteiger partial charge in [0.05, 0.1) is 13.0 Å². The minimum atomic E-state index is -0.229. The second-order valence-corrected chi connectivity index (χ2v) is 4.10. The zero-order valence-corrected chi connectivity index (χ0v) is 10.7. The number of esters is 1. The molecular weight excluding hydrogens is 270 g/mol. The lowest BCUT2D eigenvalue weighted by Crippen LogP contribution is -2.01. The van der Waals surface area contributed by atoms with E-state index in [-0.39, 0.29) is 12.4 Å². The second-order valence-electron chi connectivity index (χ2n) is 3.18. The van der Waals surface area contributed by atoms with Crippen molar-refractivity contribution in [2.75, 3.05) is 12.3 Å². The molecule has 0 atom stereocenters. The van der Waals surface area contributed by atoms with Gasteiger partial charge in [0.1, 0.15) is 0 Å². The molecule has 86 valence electrons. The average molecular weight is 284 g/mol. The summed E-state index contributed by atoms with van der Waals surface area (Å²) in [6, 6.07) is 5.59. The van der Waals surface area contributed by atoms with Gasteiger partial charge in [0.2, 0.25) is 0 Å². The molecule has 1 aromatic rings. The van der Waals surface area contributed by atoms with Gasteiger partial charge in [-0.15, -0.1) is 0 Å². The molecule has 0 amide bonds. The molecule has 0 radical (unpaired) electrons. The molecule has 0 aliphatic carbocycles. The first kappa shape index (κ1) is 12.8. The topological polar surface area (TPSA) is 52.3 Å². The third kappa shape index (κ3) is 4.06. The van der Waals surface area contributed by atoms with Crippen LogP contribution in [0.15, 0.2) is 28.7 Å². The number of rotatable bonds is 4. The molecule has 0 aliphatic rings. The number of carbonyl (C=O) groups is 1. The molecule has 1 rings (SSSR count). The zero-order valence-electron chi connectivity index (χ0n) is 9.07. The monoisotopic (exact) mass is 283 g/mol. The summed E-state index contributed by atoms with van der Waals surface area (Å²) in [6.07, 6.45) is 3.83. The van der Waals surface area contributed by atoms with Gasteiger partial charge in [-0.2, -0.15) is 0 Å². The van der Waals surface area contributed by atoms with E-state index in [2.05, 4.69) is 15.9 Å². The van der Waals surface area contributed by atoms with E-state index in [1.807, 2.05) is 24.3 Å². The summed E-state index contributed by atoms with van der Waals surface area (Å²) in [4.78, 5) is 11.1. The second kappa shape index (κ2) is 6.33. The van der Waals surface area contributed by atoms with Crippen LogP contribution in [-0.4, -0.2) is 12.6 Å². The number of nitrogen functional groups attached to an aromatic ring is 1. The number of benzene rings is 1. The highest BCUT2D eigenvalue weighted by Crippen LogP contribution is 2.19. The van der Waals surface area contributed by atoms with Gasteiger partial charge in [-0.3, -0.25) is 4.79 Å². The number of hydrogen-bond donors (Lipinski definition) is 1. The Bertz CT molecular complexity index is 402. The van der Waals surface area contributed by atoms with Crippen molar-refractivity contribution in [2.45, 2.75) is 13.3 Å². The van der Waals surface area contributed by atoms with Crippen molar-refractivity contribution in [3.63, 3.8) is 0 Å². The van der Waals surface area contributed by atoms with Crippen LogP contribution in [0.5, 0.6) is 0 Å². The standard InChI is InChI=1S/C12H14BrNO2/c1-2-16-12(15)5-3-4-9-8-10(13)6-7-11(9)14/h3-4,6-8H,2,5,14H2,1H3. The fourth-order valence-electron chi connectivity index (χ4n) is 1.19. The number of anilines is 1. The Morgan fingerprint density at radius 3 is 3.00 bits per heavy atom. The van der Waals surface area contributed by atoms with Crippen LogP contribution < -0.4 is 5.73 Å². The molecule has 0 heterocycles. The van der Waals surface area contributed by atoms with Gasteiger partial charge in [0.15, 0.2) is 0 Å². The van der Waals surface area contributed by atoms with Crippen molar-refractivity contribution in [3.8, 4) is 0 Å². The van der Waals surface area contributed by atoms with Gasteiger partial charge >= 0.3 is 5.97 Å². The third-order valence-electron chi connectivity index (χ3n) is 1.94. The SMILES string of the molecule is CCOC(=O)CC=Cc1cc(Br)ccc1N. The molecule has 0 unspecified atom stereocenters. The highest BCUT2D eigenvalue weighted by molar-refractivity contribution is 9.10. The van der Waals surface area contributed by atoms with Crippen LogP contribution in [0.2, 0.25) is 0 Å². The molecule has 0 saturated carbocycles. The third-order valence-corrected chi connectivity index (χ3v) is 2.43. The van der Waals surface area contributed by atoms with Crippen molar-refractivity contribution < 1.29 is 9.53 Å². The summed E-state index contributed by atoms with van der Waals surface area (Å²) in [5.74, 6) is -0.229. The van der Waals surface area contributed by atoms with E-state index >= 15 is 0 Å². The molecular formula is C12H14BrNO2. The molecule has 0 aromatic heterocycles. The van der Waals surface area contributed by atoms with E-state index in [1.165, 1.54) is 0 Å². The van der Waals surface area contributed by atoms with Crippen LogP contribution in [-0.2, 0) is 9.53 Å². The van der Waals surface area contributed by atoms with E-state index in [1.54, 1.807) is 13.0 Å². The van der Waals surface area contributed by atoms with Gasteiger partial charge in [-0.05, 0) is 30.7 Å². The lowest BCUT2D eigenvalue weighted by Gasteiger charge is -2.01. The maximum absolute atomic E-state index is 11.1. The average Bonchev–Trinajstić information content (AvgIpc) is 2.23. The molecule has 2 N–H and O–H groups in total. The molecule has 0 spiro atoms. The van der Waals surface area contributed by atoms with Gasteiger partial charge in [-0.1, -0.05) is 28.1 Å². The molecule has 4 heteroatoms. The Morgan fingerprint density at radius 1 is 1.56 bits per heavy atom. The fourth-order valence-corrected chi connectivity index (χ4v) is 1.57. The minimum absolute atomic E-state index is 0.229. The van der Waals surface area contributed by atoms with E-state index in [0.717, 1.165) is 10.0 Å². The molecule has 16 heavy (non-hydrogen) atoms. The molecule has 3 nitrogen and oxygen atoms in total. The lowest BCUT2D eigenvalue weighted by molar-refractivity contribution is -0.142. The summed E-state index contributed by atoms with van der Waals surface area (Å²) in [7, 11) is 0. The van der Waals surface area contributed by atoms with Crippen LogP contribution in [0.4, 0.5) is 5.69 Å². The van der Waals surface area contributed by atoms with Crippen molar-refractivity contribution in [1.82, 2.24) is 0 Å². The number of halogens is 1. The Kier molecular flexibility index (Phi) is 5.05. The van der Waals surface area contributed by atoms with Crippen LogP contribution in [0.3, 0.4) is 0 Å². The molecule has 0 bridgehead atoms. The van der Waals surface area contributed by atoms with E-state index in [0.29, 0.717) is 12.3 Å². The van der Waals surface area contributed by atoms with E-state index in [4.69, 9.17) is 10.5 Å². The molecule has 1 aromatic carbocycles. The molecule has 0 saturated heterocycles. The van der Waals surface area contributed by atoms with Gasteiger partial charge in [-0.25, -0.2) is 0 Å². The van der Waals surface area contributed by atoms with Gasteiger partial charge in [0.25, 0.3) is 0 Å². The Morgan fingerprint density at radius 2 is 2.31 bits per heavy atom. The Hall–Kier alpha value is -1.29. The number of ether oxygens (including phenoxy) is 1. The van der Waals surface area contributed by atoms with Crippen molar-refractivity contribution in [2.24, 2.45) is 0 Å². The number of hydrogen-bond acceptors (Lipinski definition) is 3. The largest absolute Gasteiger partial charge is 0.466 e. The smallest absolute Gasteiger partial charge is 0.309 e. The Balaban J connectivity index is 2.62. The van der Waals surface area contributed by atoms with Crippen LogP contribution in [0.25, 0.3) is 6.08 Å². The summed E-state index contributed by atoms with van der Waals surface area (Å²) >= 11 is 3.36. The minimum Gasteiger partial charge on any atom is -0.466 e. The first-order valence-corrected chi connectivity index (χ1v) is 5.80. The quantitative estimate of drug-likeness (QED) is 0.683. The first-order chi connectivity index (χ1) is 7.63. The fraction of sp³-hybridized carbons (Fsp3) is 0.250. The summed E-state index contributed by atoms with van der Waals surface area (Å²) < 4.78 is 5.76. The van der Waals surface area contributed by atoms with Gasteiger partial charge in [0, 0.05) is 10.2 Å². The van der Waals surface area contributed by atoms with Crippen molar-refractivity contribution in [1.29, 1.82) is 0 Å². The summed E-state index contributed by atoms with van der Waals surface area (Å²) in [6.45, 7) is 2.19. The number of nitrogens with two attached hydrogens (primary N) is 1. The number of carbonyl (C=O) groups excluding carboxylic acids is 1.